The number of likely N-dealkylation sites (tertiary alicyclic amines) is 1. The van der Waals surface area contributed by atoms with Gasteiger partial charge in [-0.25, -0.2) is 0 Å². The highest BCUT2D eigenvalue weighted by Gasteiger charge is 2.21. The summed E-state index contributed by atoms with van der Waals surface area (Å²) in [4.78, 5) is 7.28. The molecule has 2 heterocycles. The number of rotatable bonds is 6. The molecule has 1 aliphatic rings. The summed E-state index contributed by atoms with van der Waals surface area (Å²) < 4.78 is 5.25. The minimum absolute atomic E-state index is 0. The zero-order chi connectivity index (χ0) is 19.1. The fraction of sp³-hybridized carbons (Fsp3) is 0.545. The average Bonchev–Trinajstić information content (AvgIpc) is 3.01. The van der Waals surface area contributed by atoms with Gasteiger partial charge in [-0.1, -0.05) is 35.5 Å². The van der Waals surface area contributed by atoms with Gasteiger partial charge in [-0.2, -0.15) is 0 Å². The van der Waals surface area contributed by atoms with Gasteiger partial charge in [-0.05, 0) is 57.9 Å². The number of halogens is 1. The summed E-state index contributed by atoms with van der Waals surface area (Å²) in [5.41, 5.74) is 3.63. The maximum Gasteiger partial charge on any atom is 0.193 e. The van der Waals surface area contributed by atoms with Crippen molar-refractivity contribution < 1.29 is 4.52 Å². The van der Waals surface area contributed by atoms with Crippen LogP contribution in [0, 0.1) is 19.8 Å². The molecule has 0 amide bonds. The van der Waals surface area contributed by atoms with E-state index in [0.717, 1.165) is 55.9 Å². The third-order valence-electron chi connectivity index (χ3n) is 5.42. The lowest BCUT2D eigenvalue weighted by Crippen LogP contribution is -2.46. The monoisotopic (exact) mass is 496 g/mol. The van der Waals surface area contributed by atoms with Crippen LogP contribution in [0.1, 0.15) is 42.3 Å². The summed E-state index contributed by atoms with van der Waals surface area (Å²) >= 11 is 0. The first-order valence-electron chi connectivity index (χ1n) is 10.2. The Balaban J connectivity index is 0.00000280. The second-order valence-electron chi connectivity index (χ2n) is 7.41. The number of aliphatic imine (C=N–C) groups is 1. The lowest BCUT2D eigenvalue weighted by atomic mass is 9.90. The van der Waals surface area contributed by atoms with Crippen LogP contribution < -0.4 is 5.32 Å². The molecular weight excluding hydrogens is 463 g/mol. The largest absolute Gasteiger partial charge is 0.361 e. The Morgan fingerprint density at radius 2 is 1.93 bits per heavy atom. The number of benzene rings is 1. The topological polar surface area (TPSA) is 53.7 Å². The molecule has 6 heteroatoms. The van der Waals surface area contributed by atoms with Crippen molar-refractivity contribution in [2.24, 2.45) is 10.9 Å². The van der Waals surface area contributed by atoms with Gasteiger partial charge in [0.25, 0.3) is 0 Å². The van der Waals surface area contributed by atoms with E-state index < -0.39 is 0 Å². The Kier molecular flexibility index (Phi) is 9.28. The smallest absolute Gasteiger partial charge is 0.193 e. The quantitative estimate of drug-likeness (QED) is 0.367. The highest BCUT2D eigenvalue weighted by Crippen LogP contribution is 2.22. The standard InChI is InChI=1S/C22H32N4O.HI/c1-4-23-22(24-13-10-21-17(2)25-27-18(21)3)26-14-11-20(12-15-26)16-19-8-6-5-7-9-19;/h5-9,20H,4,10-16H2,1-3H3,(H,23,24);1H. The maximum atomic E-state index is 5.25. The van der Waals surface area contributed by atoms with E-state index in [1.54, 1.807) is 0 Å². The second kappa shape index (κ2) is 11.4. The van der Waals surface area contributed by atoms with Gasteiger partial charge >= 0.3 is 0 Å². The van der Waals surface area contributed by atoms with Gasteiger partial charge in [-0.3, -0.25) is 4.99 Å². The summed E-state index contributed by atoms with van der Waals surface area (Å²) in [7, 11) is 0. The van der Waals surface area contributed by atoms with Gasteiger partial charge in [0, 0.05) is 31.7 Å². The summed E-state index contributed by atoms with van der Waals surface area (Å²) in [6.45, 7) is 9.92. The van der Waals surface area contributed by atoms with Crippen molar-refractivity contribution in [3.05, 3.63) is 52.9 Å². The lowest BCUT2D eigenvalue weighted by Gasteiger charge is -2.34. The molecule has 0 spiro atoms. The molecule has 0 saturated carbocycles. The van der Waals surface area contributed by atoms with Crippen LogP contribution in [0.3, 0.4) is 0 Å². The van der Waals surface area contributed by atoms with Crippen LogP contribution in [-0.2, 0) is 12.8 Å². The normalized spacial score (nSPS) is 15.4. The minimum atomic E-state index is 0. The molecule has 28 heavy (non-hydrogen) atoms. The second-order valence-corrected chi connectivity index (χ2v) is 7.41. The van der Waals surface area contributed by atoms with Crippen molar-refractivity contribution >= 4 is 29.9 Å². The first-order valence-corrected chi connectivity index (χ1v) is 10.2. The maximum absolute atomic E-state index is 5.25. The van der Waals surface area contributed by atoms with E-state index in [0.29, 0.717) is 0 Å². The van der Waals surface area contributed by atoms with E-state index in [-0.39, 0.29) is 24.0 Å². The minimum Gasteiger partial charge on any atom is -0.361 e. The SMILES string of the molecule is CCNC(=NCCc1c(C)noc1C)N1CCC(Cc2ccccc2)CC1.I. The van der Waals surface area contributed by atoms with E-state index in [4.69, 9.17) is 9.52 Å². The molecule has 0 aliphatic carbocycles. The fourth-order valence-electron chi connectivity index (χ4n) is 3.85. The van der Waals surface area contributed by atoms with Crippen LogP contribution in [0.4, 0.5) is 0 Å². The zero-order valence-corrected chi connectivity index (χ0v) is 19.6. The van der Waals surface area contributed by atoms with Gasteiger partial charge in [0.1, 0.15) is 5.76 Å². The van der Waals surface area contributed by atoms with Crippen molar-refractivity contribution in [3.8, 4) is 0 Å². The first-order chi connectivity index (χ1) is 13.2. The Hall–Kier alpha value is -1.57. The number of aryl methyl sites for hydroxylation is 2. The summed E-state index contributed by atoms with van der Waals surface area (Å²) in [6, 6.07) is 10.9. The van der Waals surface area contributed by atoms with Crippen LogP contribution in [0.15, 0.2) is 39.8 Å². The summed E-state index contributed by atoms with van der Waals surface area (Å²) in [6.07, 6.45) is 4.52. The first kappa shape index (κ1) is 22.7. The molecule has 1 N–H and O–H groups in total. The van der Waals surface area contributed by atoms with Crippen LogP contribution in [0.25, 0.3) is 0 Å². The van der Waals surface area contributed by atoms with Gasteiger partial charge in [0.05, 0.1) is 5.69 Å². The molecule has 0 radical (unpaired) electrons. The highest BCUT2D eigenvalue weighted by molar-refractivity contribution is 14.0. The molecule has 5 nitrogen and oxygen atoms in total. The fourth-order valence-corrected chi connectivity index (χ4v) is 3.85. The molecule has 154 valence electrons. The molecule has 3 rings (SSSR count). The van der Waals surface area contributed by atoms with Gasteiger partial charge in [0.15, 0.2) is 5.96 Å². The van der Waals surface area contributed by atoms with Crippen molar-refractivity contribution in [2.45, 2.75) is 46.5 Å². The molecule has 1 fully saturated rings. The highest BCUT2D eigenvalue weighted by atomic mass is 127. The predicted molar refractivity (Wildman–Crippen MR) is 126 cm³/mol. The summed E-state index contributed by atoms with van der Waals surface area (Å²) in [5.74, 6) is 2.73. The van der Waals surface area contributed by atoms with Crippen molar-refractivity contribution in [1.82, 2.24) is 15.4 Å². The number of guanidine groups is 1. The van der Waals surface area contributed by atoms with Crippen LogP contribution in [0.5, 0.6) is 0 Å². The molecular formula is C22H33IN4O. The van der Waals surface area contributed by atoms with E-state index in [9.17, 15) is 0 Å². The number of hydrogen-bond donors (Lipinski definition) is 1. The van der Waals surface area contributed by atoms with Crippen molar-refractivity contribution in [2.75, 3.05) is 26.2 Å². The van der Waals surface area contributed by atoms with Crippen molar-refractivity contribution in [1.29, 1.82) is 0 Å². The number of nitrogens with one attached hydrogen (secondary N) is 1. The Labute approximate surface area is 186 Å². The van der Waals surface area contributed by atoms with E-state index >= 15 is 0 Å². The number of hydrogen-bond acceptors (Lipinski definition) is 3. The zero-order valence-electron chi connectivity index (χ0n) is 17.3. The van der Waals surface area contributed by atoms with Crippen LogP contribution in [0.2, 0.25) is 0 Å². The molecule has 0 bridgehead atoms. The number of nitrogens with zero attached hydrogens (tertiary/aromatic N) is 3. The van der Waals surface area contributed by atoms with E-state index in [1.165, 1.54) is 30.4 Å². The number of aromatic nitrogens is 1. The van der Waals surface area contributed by atoms with Crippen LogP contribution in [-0.4, -0.2) is 42.2 Å². The summed E-state index contributed by atoms with van der Waals surface area (Å²) in [5, 5.41) is 7.50. The Bertz CT molecular complexity index is 717. The molecule has 1 aromatic carbocycles. The number of piperidine rings is 1. The Morgan fingerprint density at radius 1 is 1.21 bits per heavy atom. The molecule has 1 aliphatic heterocycles. The molecule has 1 aromatic heterocycles. The van der Waals surface area contributed by atoms with Gasteiger partial charge in [0.2, 0.25) is 0 Å². The molecule has 2 aromatic rings. The van der Waals surface area contributed by atoms with Crippen molar-refractivity contribution in [3.63, 3.8) is 0 Å². The lowest BCUT2D eigenvalue weighted by molar-refractivity contribution is 0.259. The third kappa shape index (κ3) is 6.22. The Morgan fingerprint density at radius 3 is 2.54 bits per heavy atom. The third-order valence-corrected chi connectivity index (χ3v) is 5.42. The average molecular weight is 496 g/mol. The van der Waals surface area contributed by atoms with E-state index in [2.05, 4.69) is 52.6 Å². The molecule has 1 saturated heterocycles. The predicted octanol–water partition coefficient (Wildman–Crippen LogP) is 4.37. The van der Waals surface area contributed by atoms with Crippen LogP contribution >= 0.6 is 24.0 Å². The molecule has 0 atom stereocenters. The van der Waals surface area contributed by atoms with Gasteiger partial charge in [-0.15, -0.1) is 24.0 Å². The molecule has 0 unspecified atom stereocenters. The van der Waals surface area contributed by atoms with E-state index in [1.807, 2.05) is 13.8 Å². The van der Waals surface area contributed by atoms with Gasteiger partial charge < -0.3 is 14.7 Å².